The Balaban J connectivity index is 0.000000208. The van der Waals surface area contributed by atoms with E-state index in [1.807, 2.05) is 6.07 Å². The van der Waals surface area contributed by atoms with Crippen LogP contribution in [0.3, 0.4) is 0 Å². The number of rotatable bonds is 8. The SMILES string of the molecule is CC1(C)CC(Nc2cccc(S(N)(=O)=O)n2)CN1.CC1(C)CC(Nc2cccc(S(N)(=O)=O)n2)CN1Cc1ccccc1. The van der Waals surface area contributed by atoms with Crippen molar-refractivity contribution in [3.8, 4) is 0 Å². The van der Waals surface area contributed by atoms with Crippen molar-refractivity contribution < 1.29 is 16.8 Å². The molecule has 2 aliphatic heterocycles. The Morgan fingerprint density at radius 3 is 1.81 bits per heavy atom. The van der Waals surface area contributed by atoms with Gasteiger partial charge in [-0.15, -0.1) is 0 Å². The fourth-order valence-electron chi connectivity index (χ4n) is 5.48. The molecule has 2 aliphatic rings. The third-order valence-corrected chi connectivity index (χ3v) is 9.20. The lowest BCUT2D eigenvalue weighted by molar-refractivity contribution is 0.166. The first kappa shape index (κ1) is 32.8. The molecule has 2 saturated heterocycles. The minimum Gasteiger partial charge on any atom is -0.366 e. The van der Waals surface area contributed by atoms with Crippen LogP contribution >= 0.6 is 0 Å². The van der Waals surface area contributed by atoms with E-state index in [4.69, 9.17) is 10.3 Å². The average molecular weight is 631 g/mol. The summed E-state index contributed by atoms with van der Waals surface area (Å²) in [6.45, 7) is 11.3. The second kappa shape index (κ2) is 12.8. The molecule has 7 N–H and O–H groups in total. The molecule has 0 bridgehead atoms. The van der Waals surface area contributed by atoms with E-state index in [9.17, 15) is 16.8 Å². The highest BCUT2D eigenvalue weighted by Gasteiger charge is 2.38. The van der Waals surface area contributed by atoms with Crippen molar-refractivity contribution in [1.82, 2.24) is 20.2 Å². The molecule has 2 unspecified atom stereocenters. The van der Waals surface area contributed by atoms with Gasteiger partial charge in [0.05, 0.1) is 0 Å². The number of primary sulfonamides is 2. The Kier molecular flexibility index (Phi) is 9.79. The van der Waals surface area contributed by atoms with E-state index in [1.165, 1.54) is 17.7 Å². The molecule has 5 rings (SSSR count). The molecule has 0 spiro atoms. The van der Waals surface area contributed by atoms with Crippen LogP contribution in [0, 0.1) is 0 Å². The van der Waals surface area contributed by atoms with Crippen molar-refractivity contribution >= 4 is 31.7 Å². The molecule has 0 radical (unpaired) electrons. The molecule has 0 saturated carbocycles. The number of benzene rings is 1. The quantitative estimate of drug-likeness (QED) is 0.248. The first-order valence-corrected chi connectivity index (χ1v) is 17.2. The molecule has 0 aliphatic carbocycles. The molecular formula is C29H42N8O4S2. The zero-order valence-electron chi connectivity index (χ0n) is 25.0. The Hall–Kier alpha value is -3.14. The summed E-state index contributed by atoms with van der Waals surface area (Å²) in [5.74, 6) is 1.07. The van der Waals surface area contributed by atoms with Crippen molar-refractivity contribution in [3.05, 3.63) is 72.3 Å². The standard InChI is InChI=1S/C18H24N4O2S.C11H18N4O2S/c1-18(2)11-15(13-22(18)12-14-7-4-3-5-8-14)20-16-9-6-10-17(21-16)25(19,23)24;1-11(2)6-8(7-13-11)14-9-4-3-5-10(15-9)18(12,16)17/h3-10,15H,11-13H2,1-2H3,(H,20,21)(H2,19,23,24);3-5,8,13H,6-7H2,1-2H3,(H,14,15)(H2,12,16,17). The normalized spacial score (nSPS) is 21.5. The van der Waals surface area contributed by atoms with Gasteiger partial charge >= 0.3 is 0 Å². The molecular weight excluding hydrogens is 589 g/mol. The van der Waals surface area contributed by atoms with Crippen LogP contribution in [0.25, 0.3) is 0 Å². The van der Waals surface area contributed by atoms with Crippen LogP contribution in [0.5, 0.6) is 0 Å². The summed E-state index contributed by atoms with van der Waals surface area (Å²) in [6.07, 6.45) is 1.90. The van der Waals surface area contributed by atoms with E-state index in [0.29, 0.717) is 11.6 Å². The number of hydrogen-bond acceptors (Lipinski definition) is 10. The number of pyridine rings is 2. The van der Waals surface area contributed by atoms with E-state index < -0.39 is 20.0 Å². The number of aromatic nitrogens is 2. The number of hydrogen-bond donors (Lipinski definition) is 5. The summed E-state index contributed by atoms with van der Waals surface area (Å²) in [7, 11) is -7.54. The molecule has 43 heavy (non-hydrogen) atoms. The maximum absolute atomic E-state index is 11.5. The predicted molar refractivity (Wildman–Crippen MR) is 168 cm³/mol. The average Bonchev–Trinajstić information content (AvgIpc) is 3.40. The lowest BCUT2D eigenvalue weighted by atomic mass is 10.00. The first-order valence-electron chi connectivity index (χ1n) is 14.1. The first-order chi connectivity index (χ1) is 20.0. The fourth-order valence-corrected chi connectivity index (χ4v) is 6.46. The Labute approximate surface area is 254 Å². The molecule has 234 valence electrons. The van der Waals surface area contributed by atoms with Gasteiger partial charge in [0.15, 0.2) is 10.1 Å². The number of nitrogens with one attached hydrogen (secondary N) is 3. The zero-order valence-corrected chi connectivity index (χ0v) is 26.6. The van der Waals surface area contributed by atoms with E-state index in [0.717, 1.165) is 32.5 Å². The van der Waals surface area contributed by atoms with Crippen molar-refractivity contribution in [2.75, 3.05) is 23.7 Å². The number of nitrogens with zero attached hydrogens (tertiary/aromatic N) is 3. The summed E-state index contributed by atoms with van der Waals surface area (Å²) in [5.41, 5.74) is 1.42. The van der Waals surface area contributed by atoms with Crippen molar-refractivity contribution in [2.45, 2.75) is 80.3 Å². The second-order valence-electron chi connectivity index (χ2n) is 12.3. The van der Waals surface area contributed by atoms with Crippen LogP contribution in [-0.4, -0.2) is 68.0 Å². The third-order valence-electron chi connectivity index (χ3n) is 7.58. The summed E-state index contributed by atoms with van der Waals surface area (Å²) in [5, 5.41) is 19.9. The number of nitrogens with two attached hydrogens (primary N) is 2. The van der Waals surface area contributed by atoms with Crippen LogP contribution in [0.2, 0.25) is 0 Å². The minimum absolute atomic E-state index is 0.0467. The topological polar surface area (TPSA) is 185 Å². The summed E-state index contributed by atoms with van der Waals surface area (Å²) < 4.78 is 45.3. The summed E-state index contributed by atoms with van der Waals surface area (Å²) in [4.78, 5) is 10.6. The molecule has 2 aromatic heterocycles. The molecule has 4 heterocycles. The van der Waals surface area contributed by atoms with Gasteiger partial charge in [0, 0.05) is 42.8 Å². The largest absolute Gasteiger partial charge is 0.366 e. The van der Waals surface area contributed by atoms with Gasteiger partial charge in [0.25, 0.3) is 20.0 Å². The van der Waals surface area contributed by atoms with Crippen LogP contribution in [0.4, 0.5) is 11.6 Å². The van der Waals surface area contributed by atoms with E-state index in [1.54, 1.807) is 24.3 Å². The Morgan fingerprint density at radius 1 is 0.791 bits per heavy atom. The molecule has 12 nitrogen and oxygen atoms in total. The van der Waals surface area contributed by atoms with E-state index in [-0.39, 0.29) is 33.2 Å². The van der Waals surface area contributed by atoms with E-state index >= 15 is 0 Å². The number of likely N-dealkylation sites (tertiary alicyclic amines) is 1. The van der Waals surface area contributed by atoms with Gasteiger partial charge in [0.2, 0.25) is 0 Å². The Morgan fingerprint density at radius 2 is 1.33 bits per heavy atom. The van der Waals surface area contributed by atoms with Crippen molar-refractivity contribution in [1.29, 1.82) is 0 Å². The summed E-state index contributed by atoms with van der Waals surface area (Å²) >= 11 is 0. The molecule has 3 aromatic rings. The van der Waals surface area contributed by atoms with Crippen molar-refractivity contribution in [2.24, 2.45) is 10.3 Å². The smallest absolute Gasteiger partial charge is 0.255 e. The highest BCUT2D eigenvalue weighted by atomic mass is 32.2. The molecule has 2 atom stereocenters. The van der Waals surface area contributed by atoms with Gasteiger partial charge in [-0.1, -0.05) is 42.5 Å². The molecule has 1 aromatic carbocycles. The third kappa shape index (κ3) is 9.42. The highest BCUT2D eigenvalue weighted by molar-refractivity contribution is 7.89. The van der Waals surface area contributed by atoms with Crippen LogP contribution in [0.1, 0.15) is 46.1 Å². The number of sulfonamides is 2. The fraction of sp³-hybridized carbons (Fsp3) is 0.448. The maximum Gasteiger partial charge on any atom is 0.255 e. The van der Waals surface area contributed by atoms with E-state index in [2.05, 4.69) is 82.8 Å². The van der Waals surface area contributed by atoms with Crippen LogP contribution in [0.15, 0.2) is 76.8 Å². The maximum atomic E-state index is 11.5. The van der Waals surface area contributed by atoms with Gasteiger partial charge in [-0.25, -0.2) is 37.1 Å². The summed E-state index contributed by atoms with van der Waals surface area (Å²) in [6, 6.07) is 20.4. The van der Waals surface area contributed by atoms with Crippen LogP contribution in [-0.2, 0) is 26.6 Å². The molecule has 14 heteroatoms. The monoisotopic (exact) mass is 630 g/mol. The van der Waals surface area contributed by atoms with Gasteiger partial charge < -0.3 is 16.0 Å². The van der Waals surface area contributed by atoms with Gasteiger partial charge in [-0.05, 0) is 70.4 Å². The van der Waals surface area contributed by atoms with Crippen molar-refractivity contribution in [3.63, 3.8) is 0 Å². The van der Waals surface area contributed by atoms with Gasteiger partial charge in [-0.3, -0.25) is 4.90 Å². The van der Waals surface area contributed by atoms with Crippen LogP contribution < -0.4 is 26.2 Å². The molecule has 2 fully saturated rings. The lowest BCUT2D eigenvalue weighted by Crippen LogP contribution is -2.37. The highest BCUT2D eigenvalue weighted by Crippen LogP contribution is 2.31. The zero-order chi connectivity index (χ0) is 31.5. The minimum atomic E-state index is -3.79. The van der Waals surface area contributed by atoms with Gasteiger partial charge in [0.1, 0.15) is 11.6 Å². The number of anilines is 2. The molecule has 0 amide bonds. The Bertz CT molecular complexity index is 1620. The van der Waals surface area contributed by atoms with Gasteiger partial charge in [-0.2, -0.15) is 0 Å². The lowest BCUT2D eigenvalue weighted by Gasteiger charge is -2.31. The predicted octanol–water partition coefficient (Wildman–Crippen LogP) is 2.48. The second-order valence-corrected chi connectivity index (χ2v) is 15.4.